The summed E-state index contributed by atoms with van der Waals surface area (Å²) in [5.41, 5.74) is 7.80. The Morgan fingerprint density at radius 1 is 1.22 bits per heavy atom. The van der Waals surface area contributed by atoms with Crippen molar-refractivity contribution in [3.8, 4) is 0 Å². The van der Waals surface area contributed by atoms with E-state index >= 15 is 0 Å². The summed E-state index contributed by atoms with van der Waals surface area (Å²) in [6.07, 6.45) is 3.22. The Labute approximate surface area is 109 Å². The molecule has 0 aliphatic rings. The summed E-state index contributed by atoms with van der Waals surface area (Å²) in [5.74, 6) is 0.709. The van der Waals surface area contributed by atoms with Gasteiger partial charge in [-0.25, -0.2) is 0 Å². The number of hydrogen-bond acceptors (Lipinski definition) is 2. The second-order valence-electron chi connectivity index (χ2n) is 5.12. The summed E-state index contributed by atoms with van der Waals surface area (Å²) in [6, 6.07) is 8.11. The average molecular weight is 246 g/mol. The van der Waals surface area contributed by atoms with Crippen molar-refractivity contribution in [2.75, 3.05) is 18.9 Å². The van der Waals surface area contributed by atoms with Gasteiger partial charge in [0.1, 0.15) is 0 Å². The van der Waals surface area contributed by atoms with Crippen molar-refractivity contribution in [1.82, 2.24) is 4.57 Å². The van der Waals surface area contributed by atoms with Gasteiger partial charge in [-0.2, -0.15) is 0 Å². The lowest BCUT2D eigenvalue weighted by molar-refractivity contribution is 0.117. The number of nitrogens with zero attached hydrogens (tertiary/aromatic N) is 1. The lowest BCUT2D eigenvalue weighted by Gasteiger charge is -2.08. The molecule has 0 saturated carbocycles. The molecule has 2 aromatic rings. The number of anilines is 1. The summed E-state index contributed by atoms with van der Waals surface area (Å²) < 4.78 is 7.86. The lowest BCUT2D eigenvalue weighted by Crippen LogP contribution is -2.07. The van der Waals surface area contributed by atoms with Crippen molar-refractivity contribution in [1.29, 1.82) is 0 Å². The minimum absolute atomic E-state index is 0.709. The Morgan fingerprint density at radius 2 is 2.06 bits per heavy atom. The highest BCUT2D eigenvalue weighted by Gasteiger charge is 2.01. The molecule has 0 atom stereocenters. The predicted octanol–water partition coefficient (Wildman–Crippen LogP) is 3.29. The second-order valence-corrected chi connectivity index (χ2v) is 5.12. The highest BCUT2D eigenvalue weighted by atomic mass is 16.5. The van der Waals surface area contributed by atoms with Crippen LogP contribution in [-0.4, -0.2) is 17.8 Å². The summed E-state index contributed by atoms with van der Waals surface area (Å²) in [6.45, 7) is 6.94. The fourth-order valence-corrected chi connectivity index (χ4v) is 2.00. The van der Waals surface area contributed by atoms with Gasteiger partial charge in [0.2, 0.25) is 0 Å². The zero-order valence-corrected chi connectivity index (χ0v) is 11.2. The molecule has 1 heterocycles. The monoisotopic (exact) mass is 246 g/mol. The van der Waals surface area contributed by atoms with Crippen LogP contribution in [0, 0.1) is 5.92 Å². The molecule has 1 aromatic carbocycles. The van der Waals surface area contributed by atoms with E-state index in [1.54, 1.807) is 0 Å². The molecule has 0 bridgehead atoms. The molecule has 2 rings (SSSR count). The maximum absolute atomic E-state index is 5.77. The van der Waals surface area contributed by atoms with E-state index in [2.05, 4.69) is 36.7 Å². The number of rotatable bonds is 6. The van der Waals surface area contributed by atoms with Crippen LogP contribution in [-0.2, 0) is 11.3 Å². The van der Waals surface area contributed by atoms with E-state index in [0.29, 0.717) is 5.92 Å². The van der Waals surface area contributed by atoms with Gasteiger partial charge >= 0.3 is 0 Å². The van der Waals surface area contributed by atoms with E-state index in [1.807, 2.05) is 12.1 Å². The van der Waals surface area contributed by atoms with Gasteiger partial charge in [-0.1, -0.05) is 13.8 Å². The predicted molar refractivity (Wildman–Crippen MR) is 76.6 cm³/mol. The first-order valence-corrected chi connectivity index (χ1v) is 6.59. The first kappa shape index (κ1) is 13.0. The van der Waals surface area contributed by atoms with Crippen molar-refractivity contribution in [3.05, 3.63) is 30.5 Å². The Bertz CT molecular complexity index is 502. The van der Waals surface area contributed by atoms with E-state index in [0.717, 1.165) is 31.9 Å². The zero-order chi connectivity index (χ0) is 13.0. The molecule has 3 heteroatoms. The smallest absolute Gasteiger partial charge is 0.0645 e. The minimum atomic E-state index is 0.709. The highest BCUT2D eigenvalue weighted by Crippen LogP contribution is 2.18. The topological polar surface area (TPSA) is 40.2 Å². The third-order valence-electron chi connectivity index (χ3n) is 3.11. The third kappa shape index (κ3) is 3.26. The van der Waals surface area contributed by atoms with Crippen LogP contribution in [0.1, 0.15) is 20.3 Å². The van der Waals surface area contributed by atoms with Crippen LogP contribution in [0.4, 0.5) is 5.69 Å². The summed E-state index contributed by atoms with van der Waals surface area (Å²) in [5, 5.41) is 1.19. The van der Waals surface area contributed by atoms with Crippen molar-refractivity contribution >= 4 is 16.6 Å². The fourth-order valence-electron chi connectivity index (χ4n) is 2.00. The molecule has 0 amide bonds. The van der Waals surface area contributed by atoms with Crippen LogP contribution < -0.4 is 5.73 Å². The van der Waals surface area contributed by atoms with Crippen LogP contribution in [0.15, 0.2) is 30.5 Å². The minimum Gasteiger partial charge on any atom is -0.399 e. The van der Waals surface area contributed by atoms with E-state index in [-0.39, 0.29) is 0 Å². The van der Waals surface area contributed by atoms with E-state index in [9.17, 15) is 0 Å². The first-order valence-electron chi connectivity index (χ1n) is 6.59. The maximum Gasteiger partial charge on any atom is 0.0645 e. The quantitative estimate of drug-likeness (QED) is 0.627. The number of benzene rings is 1. The molecule has 2 N–H and O–H groups in total. The van der Waals surface area contributed by atoms with Crippen molar-refractivity contribution in [3.63, 3.8) is 0 Å². The molecule has 0 saturated heterocycles. The first-order chi connectivity index (χ1) is 8.66. The number of nitrogen functional groups attached to an aromatic ring is 1. The lowest BCUT2D eigenvalue weighted by atomic mass is 10.1. The standard InChI is InChI=1S/C15H22N2O/c1-12(2)6-9-18-10-8-17-7-5-13-11-14(16)3-4-15(13)17/h3-5,7,11-12H,6,8-10,16H2,1-2H3. The van der Waals surface area contributed by atoms with E-state index in [4.69, 9.17) is 10.5 Å². The number of aromatic nitrogens is 1. The number of ether oxygens (including phenoxy) is 1. The van der Waals surface area contributed by atoms with Gasteiger partial charge in [0.25, 0.3) is 0 Å². The van der Waals surface area contributed by atoms with Crippen LogP contribution in [0.25, 0.3) is 10.9 Å². The van der Waals surface area contributed by atoms with Crippen LogP contribution in [0.2, 0.25) is 0 Å². The number of nitrogens with two attached hydrogens (primary N) is 1. The molecule has 0 aliphatic heterocycles. The molecule has 0 radical (unpaired) electrons. The number of fused-ring (bicyclic) bond motifs is 1. The van der Waals surface area contributed by atoms with Gasteiger partial charge in [-0.05, 0) is 36.6 Å². The Balaban J connectivity index is 1.88. The van der Waals surface area contributed by atoms with Crippen molar-refractivity contribution < 1.29 is 4.74 Å². The molecule has 0 aliphatic carbocycles. The van der Waals surface area contributed by atoms with Gasteiger partial charge in [-0.15, -0.1) is 0 Å². The maximum atomic E-state index is 5.77. The Morgan fingerprint density at radius 3 is 2.83 bits per heavy atom. The molecule has 3 nitrogen and oxygen atoms in total. The Kier molecular flexibility index (Phi) is 4.26. The molecular formula is C15H22N2O. The molecule has 18 heavy (non-hydrogen) atoms. The fraction of sp³-hybridized carbons (Fsp3) is 0.467. The van der Waals surface area contributed by atoms with Gasteiger partial charge in [0, 0.05) is 35.9 Å². The second kappa shape index (κ2) is 5.91. The van der Waals surface area contributed by atoms with Gasteiger partial charge < -0.3 is 15.0 Å². The zero-order valence-electron chi connectivity index (χ0n) is 11.2. The van der Waals surface area contributed by atoms with E-state index in [1.165, 1.54) is 10.9 Å². The van der Waals surface area contributed by atoms with E-state index < -0.39 is 0 Å². The molecule has 98 valence electrons. The SMILES string of the molecule is CC(C)CCOCCn1ccc2cc(N)ccc21. The Hall–Kier alpha value is -1.48. The largest absolute Gasteiger partial charge is 0.399 e. The highest BCUT2D eigenvalue weighted by molar-refractivity contribution is 5.83. The number of hydrogen-bond donors (Lipinski definition) is 1. The van der Waals surface area contributed by atoms with Gasteiger partial charge in [0.15, 0.2) is 0 Å². The van der Waals surface area contributed by atoms with Gasteiger partial charge in [0.05, 0.1) is 6.61 Å². The summed E-state index contributed by atoms with van der Waals surface area (Å²) in [7, 11) is 0. The van der Waals surface area contributed by atoms with Crippen LogP contribution in [0.3, 0.4) is 0 Å². The molecule has 0 fully saturated rings. The molecular weight excluding hydrogens is 224 g/mol. The summed E-state index contributed by atoms with van der Waals surface area (Å²) >= 11 is 0. The van der Waals surface area contributed by atoms with Crippen LogP contribution >= 0.6 is 0 Å². The molecule has 0 spiro atoms. The molecule has 0 unspecified atom stereocenters. The van der Waals surface area contributed by atoms with Crippen molar-refractivity contribution in [2.24, 2.45) is 5.92 Å². The third-order valence-corrected chi connectivity index (χ3v) is 3.11. The normalized spacial score (nSPS) is 11.5. The van der Waals surface area contributed by atoms with Crippen LogP contribution in [0.5, 0.6) is 0 Å². The average Bonchev–Trinajstić information content (AvgIpc) is 2.70. The van der Waals surface area contributed by atoms with Gasteiger partial charge in [-0.3, -0.25) is 0 Å². The summed E-state index contributed by atoms with van der Waals surface area (Å²) in [4.78, 5) is 0. The molecule has 1 aromatic heterocycles. The van der Waals surface area contributed by atoms with Crippen molar-refractivity contribution in [2.45, 2.75) is 26.8 Å².